The molecule has 7 heteroatoms. The van der Waals surface area contributed by atoms with E-state index < -0.39 is 0 Å². The summed E-state index contributed by atoms with van der Waals surface area (Å²) in [5.41, 5.74) is 0.892. The quantitative estimate of drug-likeness (QED) is 0.558. The molecule has 166 valence electrons. The van der Waals surface area contributed by atoms with E-state index in [1.807, 2.05) is 30.3 Å². The third-order valence-electron chi connectivity index (χ3n) is 7.33. The van der Waals surface area contributed by atoms with Crippen molar-refractivity contribution in [1.29, 1.82) is 0 Å². The third-order valence-corrected chi connectivity index (χ3v) is 7.33. The Kier molecular flexibility index (Phi) is 5.85. The largest absolute Gasteiger partial charge is 0.413 e. The molecule has 3 N–H and O–H groups in total. The number of unbranched alkanes of at least 4 members (excludes halogenated alkanes) is 1. The fourth-order valence-electron chi connectivity index (χ4n) is 6.20. The van der Waals surface area contributed by atoms with Gasteiger partial charge in [-0.3, -0.25) is 0 Å². The van der Waals surface area contributed by atoms with E-state index in [0.29, 0.717) is 29.9 Å². The van der Waals surface area contributed by atoms with E-state index in [0.717, 1.165) is 30.4 Å². The Morgan fingerprint density at radius 1 is 1.06 bits per heavy atom. The van der Waals surface area contributed by atoms with Crippen molar-refractivity contribution in [2.45, 2.75) is 51.0 Å². The average molecular weight is 425 g/mol. The number of nitrogens with one attached hydrogen (secondary N) is 2. The lowest BCUT2D eigenvalue weighted by atomic mass is 9.54. The lowest BCUT2D eigenvalue weighted by Gasteiger charge is -2.54. The van der Waals surface area contributed by atoms with Gasteiger partial charge in [0.05, 0.1) is 11.9 Å². The minimum atomic E-state index is -0.386. The number of nitrogens with zero attached hydrogens (tertiary/aromatic N) is 2. The maximum atomic E-state index is 12.8. The van der Waals surface area contributed by atoms with E-state index in [2.05, 4.69) is 15.7 Å². The molecule has 0 spiro atoms. The van der Waals surface area contributed by atoms with Crippen molar-refractivity contribution in [3.05, 3.63) is 36.5 Å². The molecule has 4 aliphatic rings. The average Bonchev–Trinajstić information content (AvgIpc) is 3.16. The van der Waals surface area contributed by atoms with Crippen molar-refractivity contribution in [1.82, 2.24) is 15.1 Å². The van der Waals surface area contributed by atoms with E-state index in [4.69, 9.17) is 9.84 Å². The highest BCUT2D eigenvalue weighted by Crippen LogP contribution is 2.53. The molecule has 1 aromatic carbocycles. The third kappa shape index (κ3) is 4.28. The van der Waals surface area contributed by atoms with Gasteiger partial charge < -0.3 is 20.5 Å². The van der Waals surface area contributed by atoms with E-state index in [1.54, 1.807) is 10.9 Å². The minimum absolute atomic E-state index is 0.164. The van der Waals surface area contributed by atoms with Crippen LogP contribution in [0.3, 0.4) is 0 Å². The molecule has 4 fully saturated rings. The SMILES string of the molecule is O=C(NC1C2CC3CC(C2)CC1C3)Oc1cnn(-c2ccccc2)c1NCCCCO. The maximum absolute atomic E-state index is 12.8. The van der Waals surface area contributed by atoms with Crippen molar-refractivity contribution in [3.63, 3.8) is 0 Å². The van der Waals surface area contributed by atoms with Gasteiger partial charge in [-0.1, -0.05) is 18.2 Å². The van der Waals surface area contributed by atoms with Crippen molar-refractivity contribution in [2.24, 2.45) is 23.7 Å². The Balaban J connectivity index is 1.29. The number of anilines is 1. The molecule has 0 radical (unpaired) electrons. The molecular weight excluding hydrogens is 392 g/mol. The van der Waals surface area contributed by atoms with Crippen LogP contribution in [-0.2, 0) is 0 Å². The topological polar surface area (TPSA) is 88.4 Å². The minimum Gasteiger partial charge on any atom is -0.405 e. The van der Waals surface area contributed by atoms with E-state index >= 15 is 0 Å². The van der Waals surface area contributed by atoms with Gasteiger partial charge in [0.2, 0.25) is 0 Å². The first-order chi connectivity index (χ1) is 15.2. The molecule has 4 bridgehead atoms. The van der Waals surface area contributed by atoms with Gasteiger partial charge in [-0.15, -0.1) is 0 Å². The first-order valence-corrected chi connectivity index (χ1v) is 11.7. The van der Waals surface area contributed by atoms with Crippen LogP contribution >= 0.6 is 0 Å². The van der Waals surface area contributed by atoms with Gasteiger partial charge in [-0.05, 0) is 80.8 Å². The van der Waals surface area contributed by atoms with E-state index in [-0.39, 0.29) is 18.7 Å². The zero-order valence-corrected chi connectivity index (χ0v) is 17.9. The second-order valence-electron chi connectivity index (χ2n) is 9.45. The van der Waals surface area contributed by atoms with Crippen LogP contribution in [0.15, 0.2) is 36.5 Å². The van der Waals surface area contributed by atoms with Gasteiger partial charge in [-0.2, -0.15) is 5.10 Å². The summed E-state index contributed by atoms with van der Waals surface area (Å²) in [5, 5.41) is 20.1. The fraction of sp³-hybridized carbons (Fsp3) is 0.583. The molecule has 0 aliphatic heterocycles. The summed E-state index contributed by atoms with van der Waals surface area (Å²) >= 11 is 0. The van der Waals surface area contributed by atoms with Gasteiger partial charge in [0.25, 0.3) is 0 Å². The number of benzene rings is 1. The van der Waals surface area contributed by atoms with Crippen LogP contribution in [-0.4, -0.2) is 40.2 Å². The molecular formula is C24H32N4O3. The normalized spacial score (nSPS) is 28.5. The number of aromatic nitrogens is 2. The number of carbonyl (C=O) groups excluding carboxylic acids is 1. The highest BCUT2D eigenvalue weighted by Gasteiger charge is 2.48. The number of aliphatic hydroxyl groups is 1. The number of carbonyl (C=O) groups is 1. The Labute approximate surface area is 183 Å². The van der Waals surface area contributed by atoms with Crippen LogP contribution in [0.4, 0.5) is 10.6 Å². The van der Waals surface area contributed by atoms with Crippen molar-refractivity contribution in [3.8, 4) is 11.4 Å². The predicted octanol–water partition coefficient (Wildman–Crippen LogP) is 3.97. The lowest BCUT2D eigenvalue weighted by Crippen LogP contribution is -2.56. The lowest BCUT2D eigenvalue weighted by molar-refractivity contribution is -0.0114. The second kappa shape index (κ2) is 8.91. The van der Waals surface area contributed by atoms with Gasteiger partial charge in [0.15, 0.2) is 11.6 Å². The standard InChI is InChI=1S/C24H32N4O3/c29-9-5-4-8-25-23-21(15-26-28(23)20-6-2-1-3-7-20)31-24(30)27-22-18-11-16-10-17(13-18)14-19(22)12-16/h1-3,6-7,15-19,22,25,29H,4-5,8-14H2,(H,27,30). The number of para-hydroxylation sites is 1. The van der Waals surface area contributed by atoms with Crippen LogP contribution in [0.1, 0.15) is 44.9 Å². The van der Waals surface area contributed by atoms with Crippen LogP contribution in [0.5, 0.6) is 5.75 Å². The number of rotatable bonds is 8. The summed E-state index contributed by atoms with van der Waals surface area (Å²) in [6, 6.07) is 10.0. The van der Waals surface area contributed by atoms with Crippen molar-refractivity contribution >= 4 is 11.9 Å². The first-order valence-electron chi connectivity index (χ1n) is 11.7. The van der Waals surface area contributed by atoms with E-state index in [9.17, 15) is 4.79 Å². The molecule has 0 atom stereocenters. The zero-order chi connectivity index (χ0) is 21.2. The summed E-state index contributed by atoms with van der Waals surface area (Å²) in [6.45, 7) is 0.823. The van der Waals surface area contributed by atoms with Gasteiger partial charge in [-0.25, -0.2) is 9.48 Å². The zero-order valence-electron chi connectivity index (χ0n) is 17.9. The Morgan fingerprint density at radius 3 is 2.45 bits per heavy atom. The highest BCUT2D eigenvalue weighted by molar-refractivity contribution is 5.73. The first kappa shape index (κ1) is 20.4. The van der Waals surface area contributed by atoms with E-state index in [1.165, 1.54) is 32.1 Å². The summed E-state index contributed by atoms with van der Waals surface area (Å²) in [4.78, 5) is 12.8. The predicted molar refractivity (Wildman–Crippen MR) is 118 cm³/mol. The molecule has 4 aliphatic carbocycles. The number of amides is 1. The smallest absolute Gasteiger partial charge is 0.405 e. The highest BCUT2D eigenvalue weighted by atomic mass is 16.6. The number of hydrogen-bond acceptors (Lipinski definition) is 5. The summed E-state index contributed by atoms with van der Waals surface area (Å²) in [7, 11) is 0. The Bertz CT molecular complexity index is 869. The molecule has 1 aromatic heterocycles. The molecule has 1 amide bonds. The molecule has 0 saturated heterocycles. The molecule has 0 unspecified atom stereocenters. The second-order valence-corrected chi connectivity index (χ2v) is 9.45. The summed E-state index contributed by atoms with van der Waals surface area (Å²) in [5.74, 6) is 4.03. The molecule has 1 heterocycles. The monoisotopic (exact) mass is 424 g/mol. The Hall–Kier alpha value is -2.54. The number of ether oxygens (including phenoxy) is 1. The van der Waals surface area contributed by atoms with Crippen LogP contribution in [0.2, 0.25) is 0 Å². The van der Waals surface area contributed by atoms with Gasteiger partial charge in [0, 0.05) is 19.2 Å². The summed E-state index contributed by atoms with van der Waals surface area (Å²) in [6.07, 6.45) is 9.15. The molecule has 6 rings (SSSR count). The maximum Gasteiger partial charge on any atom is 0.413 e. The Morgan fingerprint density at radius 2 is 1.77 bits per heavy atom. The van der Waals surface area contributed by atoms with Crippen LogP contribution in [0, 0.1) is 23.7 Å². The van der Waals surface area contributed by atoms with Gasteiger partial charge in [0.1, 0.15) is 0 Å². The number of hydrogen-bond donors (Lipinski definition) is 3. The molecule has 4 saturated carbocycles. The van der Waals surface area contributed by atoms with Crippen LogP contribution in [0.25, 0.3) is 5.69 Å². The molecule has 7 nitrogen and oxygen atoms in total. The molecule has 2 aromatic rings. The van der Waals surface area contributed by atoms with Crippen LogP contribution < -0.4 is 15.4 Å². The van der Waals surface area contributed by atoms with Gasteiger partial charge >= 0.3 is 6.09 Å². The van der Waals surface area contributed by atoms with Crippen molar-refractivity contribution in [2.75, 3.05) is 18.5 Å². The number of aliphatic hydroxyl groups excluding tert-OH is 1. The summed E-state index contributed by atoms with van der Waals surface area (Å²) < 4.78 is 7.52. The molecule has 31 heavy (non-hydrogen) atoms. The fourth-order valence-corrected chi connectivity index (χ4v) is 6.20. The van der Waals surface area contributed by atoms with Crippen molar-refractivity contribution < 1.29 is 14.6 Å².